The summed E-state index contributed by atoms with van der Waals surface area (Å²) in [7, 11) is 0. The van der Waals surface area contributed by atoms with E-state index in [9.17, 15) is 0 Å². The first-order valence-electron chi connectivity index (χ1n) is 14.0. The summed E-state index contributed by atoms with van der Waals surface area (Å²) in [4.78, 5) is 0. The molecule has 0 spiro atoms. The van der Waals surface area contributed by atoms with Crippen LogP contribution in [0.4, 0.5) is 11.4 Å². The van der Waals surface area contributed by atoms with Crippen molar-refractivity contribution in [2.24, 2.45) is 5.10 Å². The van der Waals surface area contributed by atoms with Crippen LogP contribution in [-0.4, -0.2) is 57.6 Å². The van der Waals surface area contributed by atoms with Crippen molar-refractivity contribution in [1.29, 1.82) is 0 Å². The third-order valence-corrected chi connectivity index (χ3v) is 8.17. The summed E-state index contributed by atoms with van der Waals surface area (Å²) in [5.41, 5.74) is 7.21. The van der Waals surface area contributed by atoms with Crippen LogP contribution < -0.4 is 5.01 Å². The maximum absolute atomic E-state index is 5.59. The average molecular weight is 521 g/mol. The molecule has 0 aromatic heterocycles. The minimum Gasteiger partial charge on any atom is -0.373 e. The SMILES string of the molecule is C=NN(c1cc(CC2CO2)cc2cc(CC3CO3)ccc12)c1cc(CC2CO2)cc2cc(CC3CO3)ccc12. The molecule has 0 bridgehead atoms. The highest BCUT2D eigenvalue weighted by Gasteiger charge is 2.27. The summed E-state index contributed by atoms with van der Waals surface area (Å²) in [6, 6.07) is 22.7. The van der Waals surface area contributed by atoms with Gasteiger partial charge in [-0.1, -0.05) is 48.5 Å². The number of rotatable bonds is 11. The number of fused-ring (bicyclic) bond motifs is 2. The Hall–Kier alpha value is -3.29. The molecule has 0 radical (unpaired) electrons. The fraction of sp³-hybridized carbons (Fsp3) is 0.364. The molecule has 198 valence electrons. The Kier molecular flexibility index (Phi) is 5.70. The fourth-order valence-electron chi connectivity index (χ4n) is 5.84. The van der Waals surface area contributed by atoms with Gasteiger partial charge < -0.3 is 18.9 Å². The lowest BCUT2D eigenvalue weighted by Gasteiger charge is -2.24. The number of epoxide rings is 4. The second-order valence-electron chi connectivity index (χ2n) is 11.4. The molecule has 4 aliphatic heterocycles. The first-order chi connectivity index (χ1) is 19.2. The molecule has 4 unspecified atom stereocenters. The van der Waals surface area contributed by atoms with Gasteiger partial charge in [0.25, 0.3) is 0 Å². The van der Waals surface area contributed by atoms with E-state index in [4.69, 9.17) is 18.9 Å². The molecule has 4 fully saturated rings. The van der Waals surface area contributed by atoms with E-state index < -0.39 is 0 Å². The van der Waals surface area contributed by atoms with Gasteiger partial charge in [0.1, 0.15) is 0 Å². The van der Waals surface area contributed by atoms with Crippen molar-refractivity contribution in [2.45, 2.75) is 50.1 Å². The molecule has 6 heteroatoms. The van der Waals surface area contributed by atoms with Gasteiger partial charge in [0.05, 0.1) is 62.2 Å². The summed E-state index contributed by atoms with van der Waals surface area (Å²) in [6.45, 7) is 7.45. The van der Waals surface area contributed by atoms with Crippen LogP contribution in [0.2, 0.25) is 0 Å². The molecule has 0 aliphatic carbocycles. The van der Waals surface area contributed by atoms with Gasteiger partial charge in [-0.05, 0) is 45.2 Å². The number of hydrazone groups is 1. The Morgan fingerprint density at radius 3 is 1.28 bits per heavy atom. The van der Waals surface area contributed by atoms with Crippen LogP contribution in [0.25, 0.3) is 21.5 Å². The summed E-state index contributed by atoms with van der Waals surface area (Å²) in [5, 5.41) is 11.4. The second kappa shape index (κ2) is 9.42. The van der Waals surface area contributed by atoms with E-state index in [1.54, 1.807) is 0 Å². The van der Waals surface area contributed by atoms with E-state index in [0.29, 0.717) is 24.4 Å². The first-order valence-corrected chi connectivity index (χ1v) is 14.0. The van der Waals surface area contributed by atoms with Gasteiger partial charge in [-0.25, -0.2) is 5.01 Å². The molecule has 4 aromatic rings. The molecule has 4 aromatic carbocycles. The summed E-state index contributed by atoms with van der Waals surface area (Å²) in [5.74, 6) is 0. The van der Waals surface area contributed by atoms with E-state index >= 15 is 0 Å². The molecule has 4 aliphatic rings. The molecule has 0 N–H and O–H groups in total. The van der Waals surface area contributed by atoms with Gasteiger partial charge >= 0.3 is 0 Å². The molecule has 0 amide bonds. The predicted molar refractivity (Wildman–Crippen MR) is 153 cm³/mol. The van der Waals surface area contributed by atoms with Crippen molar-refractivity contribution < 1.29 is 18.9 Å². The Balaban J connectivity index is 1.26. The Morgan fingerprint density at radius 1 is 0.564 bits per heavy atom. The van der Waals surface area contributed by atoms with Gasteiger partial charge in [-0.3, -0.25) is 0 Å². The lowest BCUT2D eigenvalue weighted by Crippen LogP contribution is -2.11. The zero-order valence-electron chi connectivity index (χ0n) is 22.0. The van der Waals surface area contributed by atoms with Crippen LogP contribution in [0.15, 0.2) is 65.8 Å². The maximum Gasteiger partial charge on any atom is 0.0850 e. The summed E-state index contributed by atoms with van der Waals surface area (Å²) < 4.78 is 22.2. The molecule has 4 saturated heterocycles. The van der Waals surface area contributed by atoms with E-state index in [-0.39, 0.29) is 0 Å². The number of nitrogens with zero attached hydrogens (tertiary/aromatic N) is 2. The van der Waals surface area contributed by atoms with Gasteiger partial charge in [-0.15, -0.1) is 0 Å². The van der Waals surface area contributed by atoms with Crippen LogP contribution in [0, 0.1) is 0 Å². The van der Waals surface area contributed by atoms with Crippen LogP contribution in [0.5, 0.6) is 0 Å². The van der Waals surface area contributed by atoms with Gasteiger partial charge in [-0.2, -0.15) is 5.10 Å². The Labute approximate surface area is 228 Å². The van der Waals surface area contributed by atoms with Crippen molar-refractivity contribution >= 4 is 39.6 Å². The number of benzene rings is 4. The summed E-state index contributed by atoms with van der Waals surface area (Å²) in [6.07, 6.45) is 5.03. The minimum atomic E-state index is 0.306. The summed E-state index contributed by atoms with van der Waals surface area (Å²) >= 11 is 0. The zero-order valence-corrected chi connectivity index (χ0v) is 22.0. The normalized spacial score (nSPS) is 24.6. The standard InChI is InChI=1S/C33H32N2O4/c1-34-35(32-14-22(12-28-18-38-28)8-24-6-20(2-4-30(24)32)10-26-16-36-26)33-15-23(13-29-19-39-29)9-25-7-21(3-5-31(25)33)11-27-17-37-27/h2-9,14-15,26-29H,1,10-13,16-19H2. The van der Waals surface area contributed by atoms with Crippen LogP contribution in [0.3, 0.4) is 0 Å². The number of hydrogen-bond acceptors (Lipinski definition) is 6. The highest BCUT2D eigenvalue weighted by Crippen LogP contribution is 2.40. The highest BCUT2D eigenvalue weighted by molar-refractivity contribution is 6.02. The average Bonchev–Trinajstić information content (AvgIpc) is 3.70. The molecule has 6 nitrogen and oxygen atoms in total. The monoisotopic (exact) mass is 520 g/mol. The van der Waals surface area contributed by atoms with Crippen molar-refractivity contribution in [2.75, 3.05) is 31.4 Å². The second-order valence-corrected chi connectivity index (χ2v) is 11.4. The third-order valence-electron chi connectivity index (χ3n) is 8.17. The Bertz CT molecular complexity index is 1460. The zero-order chi connectivity index (χ0) is 25.9. The van der Waals surface area contributed by atoms with Crippen LogP contribution in [-0.2, 0) is 44.6 Å². The number of ether oxygens (including phenoxy) is 4. The van der Waals surface area contributed by atoms with E-state index in [1.807, 2.05) is 5.01 Å². The molecule has 8 rings (SSSR count). The fourth-order valence-corrected chi connectivity index (χ4v) is 5.84. The van der Waals surface area contributed by atoms with Crippen molar-refractivity contribution in [1.82, 2.24) is 0 Å². The van der Waals surface area contributed by atoms with Gasteiger partial charge in [0.2, 0.25) is 0 Å². The molecule has 39 heavy (non-hydrogen) atoms. The van der Waals surface area contributed by atoms with Crippen molar-refractivity contribution in [3.63, 3.8) is 0 Å². The lowest BCUT2D eigenvalue weighted by atomic mass is 9.96. The van der Waals surface area contributed by atoms with E-state index in [0.717, 1.165) is 74.3 Å². The quantitative estimate of drug-likeness (QED) is 0.148. The molecular formula is C33H32N2O4. The third kappa shape index (κ3) is 5.18. The van der Waals surface area contributed by atoms with Crippen LogP contribution >= 0.6 is 0 Å². The molecule has 4 atom stereocenters. The molecule has 4 heterocycles. The molecule has 0 saturated carbocycles. The van der Waals surface area contributed by atoms with Gasteiger partial charge in [0, 0.05) is 43.2 Å². The largest absolute Gasteiger partial charge is 0.373 e. The van der Waals surface area contributed by atoms with Gasteiger partial charge in [0.15, 0.2) is 0 Å². The smallest absolute Gasteiger partial charge is 0.0850 e. The first kappa shape index (κ1) is 23.6. The van der Waals surface area contributed by atoms with Crippen molar-refractivity contribution in [3.8, 4) is 0 Å². The Morgan fingerprint density at radius 2 is 0.923 bits per heavy atom. The van der Waals surface area contributed by atoms with E-state index in [2.05, 4.69) is 72.5 Å². The van der Waals surface area contributed by atoms with Crippen LogP contribution in [0.1, 0.15) is 22.3 Å². The number of anilines is 2. The molecular weight excluding hydrogens is 488 g/mol. The highest BCUT2D eigenvalue weighted by atomic mass is 16.6. The lowest BCUT2D eigenvalue weighted by molar-refractivity contribution is 0.407. The maximum atomic E-state index is 5.59. The predicted octanol–water partition coefficient (Wildman–Crippen LogP) is 5.51. The topological polar surface area (TPSA) is 65.7 Å². The number of hydrogen-bond donors (Lipinski definition) is 0. The van der Waals surface area contributed by atoms with Crippen molar-refractivity contribution in [3.05, 3.63) is 82.9 Å². The van der Waals surface area contributed by atoms with E-state index in [1.165, 1.54) is 33.0 Å². The minimum absolute atomic E-state index is 0.306.